The number of pyridine rings is 1. The number of anilines is 1. The summed E-state index contributed by atoms with van der Waals surface area (Å²) in [6.45, 7) is 1.78. The first-order chi connectivity index (χ1) is 17.8. The number of carbonyl (C=O) groups is 1. The van der Waals surface area contributed by atoms with Crippen molar-refractivity contribution >= 4 is 35.1 Å². The second kappa shape index (κ2) is 11.6. The summed E-state index contributed by atoms with van der Waals surface area (Å²) in [5.74, 6) is -2.47. The molecule has 5 nitrogen and oxygen atoms in total. The Morgan fingerprint density at radius 2 is 1.95 bits per heavy atom. The van der Waals surface area contributed by atoms with E-state index < -0.39 is 17.5 Å². The summed E-state index contributed by atoms with van der Waals surface area (Å²) in [6, 6.07) is 9.75. The molecule has 1 unspecified atom stereocenters. The summed E-state index contributed by atoms with van der Waals surface area (Å²) in [5, 5.41) is 2.67. The molecule has 0 spiro atoms. The fourth-order valence-corrected chi connectivity index (χ4v) is 4.50. The second-order valence-corrected chi connectivity index (χ2v) is 9.02. The maximum Gasteiger partial charge on any atom is 0.242 e. The van der Waals surface area contributed by atoms with Gasteiger partial charge in [0.1, 0.15) is 18.7 Å². The molecule has 1 aliphatic rings. The second-order valence-electron chi connectivity index (χ2n) is 8.61. The van der Waals surface area contributed by atoms with E-state index >= 15 is 0 Å². The summed E-state index contributed by atoms with van der Waals surface area (Å²) < 4.78 is 44.7. The van der Waals surface area contributed by atoms with E-state index in [9.17, 15) is 18.0 Å². The molecule has 1 atom stereocenters. The van der Waals surface area contributed by atoms with Crippen LogP contribution in [0.5, 0.6) is 0 Å². The van der Waals surface area contributed by atoms with Gasteiger partial charge in [-0.15, -0.1) is 0 Å². The zero-order valence-electron chi connectivity index (χ0n) is 20.4. The van der Waals surface area contributed by atoms with Gasteiger partial charge in [-0.1, -0.05) is 24.1 Å². The Morgan fingerprint density at radius 1 is 1.14 bits per heavy atom. The molecule has 1 amide bonds. The lowest BCUT2D eigenvalue weighted by Crippen LogP contribution is -2.45. The summed E-state index contributed by atoms with van der Waals surface area (Å²) in [4.78, 5) is 22.7. The summed E-state index contributed by atoms with van der Waals surface area (Å²) in [7, 11) is 1.45. The van der Waals surface area contributed by atoms with Crippen molar-refractivity contribution in [2.24, 2.45) is 4.99 Å². The van der Waals surface area contributed by atoms with Crippen molar-refractivity contribution in [3.8, 4) is 11.1 Å². The van der Waals surface area contributed by atoms with Crippen molar-refractivity contribution in [2.75, 3.05) is 12.4 Å². The lowest BCUT2D eigenvalue weighted by molar-refractivity contribution is -0.890. The number of rotatable bonds is 3. The number of carbonyl (C=O) groups excluding carboxylic acids is 1. The number of hydrogen-bond acceptors (Lipinski definition) is 3. The molecule has 0 radical (unpaired) electrons. The highest BCUT2D eigenvalue weighted by Crippen LogP contribution is 2.32. The average Bonchev–Trinajstić information content (AvgIpc) is 2.88. The zero-order chi connectivity index (χ0) is 26.5. The lowest BCUT2D eigenvalue weighted by atomic mass is 9.96. The third-order valence-electron chi connectivity index (χ3n) is 6.22. The number of halogens is 4. The molecule has 2 aromatic carbocycles. The Hall–Kier alpha value is -3.65. The minimum Gasteiger partial charge on any atom is -0.325 e. The van der Waals surface area contributed by atoms with Gasteiger partial charge in [0.2, 0.25) is 17.8 Å². The highest BCUT2D eigenvalue weighted by Gasteiger charge is 2.26. The van der Waals surface area contributed by atoms with E-state index in [1.807, 2.05) is 0 Å². The first kappa shape index (κ1) is 26.4. The van der Waals surface area contributed by atoms with Gasteiger partial charge in [0, 0.05) is 29.0 Å². The minimum atomic E-state index is -0.855. The quantitative estimate of drug-likeness (QED) is 0.312. The first-order valence-corrected chi connectivity index (χ1v) is 12.2. The SMILES string of the molecule is C/C=C1\N=C\C(c2ccc(-c3c(F)ccc(Cl)c3F)c[n+]2OC)CCCCC(=O)Nc2ccc(F)cc21. The molecule has 9 heteroatoms. The molecule has 3 aromatic rings. The molecule has 1 N–H and O–H groups in total. The first-order valence-electron chi connectivity index (χ1n) is 11.9. The van der Waals surface area contributed by atoms with E-state index in [2.05, 4.69) is 10.3 Å². The topological polar surface area (TPSA) is 54.6 Å². The van der Waals surface area contributed by atoms with E-state index in [4.69, 9.17) is 16.4 Å². The minimum absolute atomic E-state index is 0.161. The van der Waals surface area contributed by atoms with Gasteiger partial charge in [0.15, 0.2) is 5.82 Å². The number of fused-ring (bicyclic) bond motifs is 1. The third kappa shape index (κ3) is 5.85. The molecule has 192 valence electrons. The number of benzene rings is 2. The zero-order valence-corrected chi connectivity index (χ0v) is 21.2. The van der Waals surface area contributed by atoms with Crippen molar-refractivity contribution in [2.45, 2.75) is 38.5 Å². The standard InChI is InChI=1S/C28H25ClF3N3O2/c1-3-23-20-14-19(30)9-12-24(20)34-26(36)7-5-4-6-17(15-33-23)25-13-8-18(16-35(25)37-2)27-22(31)11-10-21(29)28(27)32/h3,8-17H,4-7H2,1-2H3/p+1/b23-3-,33-15+. The molecule has 0 saturated heterocycles. The van der Waals surface area contributed by atoms with Crippen LogP contribution in [-0.4, -0.2) is 19.2 Å². The van der Waals surface area contributed by atoms with Crippen LogP contribution < -0.4 is 14.9 Å². The summed E-state index contributed by atoms with van der Waals surface area (Å²) >= 11 is 5.88. The Morgan fingerprint density at radius 3 is 2.70 bits per heavy atom. The van der Waals surface area contributed by atoms with Gasteiger partial charge in [-0.3, -0.25) is 14.6 Å². The molecule has 0 fully saturated rings. The molecular weight excluding hydrogens is 503 g/mol. The third-order valence-corrected chi connectivity index (χ3v) is 6.51. The number of hydrogen-bond donors (Lipinski definition) is 1. The van der Waals surface area contributed by atoms with Crippen molar-refractivity contribution in [3.05, 3.63) is 88.5 Å². The highest BCUT2D eigenvalue weighted by molar-refractivity contribution is 6.31. The van der Waals surface area contributed by atoms with Crippen LogP contribution in [0.1, 0.15) is 49.8 Å². The molecule has 0 aliphatic carbocycles. The molecule has 0 bridgehead atoms. The molecule has 2 heterocycles. The lowest BCUT2D eigenvalue weighted by Gasteiger charge is -2.15. The van der Waals surface area contributed by atoms with Crippen LogP contribution in [0.4, 0.5) is 18.9 Å². The van der Waals surface area contributed by atoms with E-state index in [0.717, 1.165) is 6.07 Å². The van der Waals surface area contributed by atoms with Gasteiger partial charge in [0.05, 0.1) is 33.5 Å². The van der Waals surface area contributed by atoms with Gasteiger partial charge in [-0.05, 0) is 56.2 Å². The molecule has 1 aliphatic heterocycles. The Labute approximate surface area is 218 Å². The van der Waals surface area contributed by atoms with Crippen molar-refractivity contribution in [3.63, 3.8) is 0 Å². The fourth-order valence-electron chi connectivity index (χ4n) is 4.35. The smallest absolute Gasteiger partial charge is 0.242 e. The number of nitrogens with zero attached hydrogens (tertiary/aromatic N) is 2. The van der Waals surface area contributed by atoms with Crippen molar-refractivity contribution in [1.29, 1.82) is 0 Å². The molecular formula is C28H26ClF3N3O2+. The number of amides is 1. The maximum atomic E-state index is 14.6. The van der Waals surface area contributed by atoms with Gasteiger partial charge in [-0.25, -0.2) is 13.2 Å². The van der Waals surface area contributed by atoms with Gasteiger partial charge >= 0.3 is 0 Å². The monoisotopic (exact) mass is 528 g/mol. The highest BCUT2D eigenvalue weighted by atomic mass is 35.5. The maximum absolute atomic E-state index is 14.6. The predicted octanol–water partition coefficient (Wildman–Crippen LogP) is 6.50. The van der Waals surface area contributed by atoms with Gasteiger partial charge < -0.3 is 5.32 Å². The van der Waals surface area contributed by atoms with E-state index in [1.165, 1.54) is 42.3 Å². The van der Waals surface area contributed by atoms with Gasteiger partial charge in [0.25, 0.3) is 0 Å². The normalized spacial score (nSPS) is 18.4. The van der Waals surface area contributed by atoms with Gasteiger partial charge in [-0.2, -0.15) is 0 Å². The molecule has 1 aromatic heterocycles. The fraction of sp³-hybridized carbons (Fsp3) is 0.250. The number of aromatic nitrogens is 1. The van der Waals surface area contributed by atoms with E-state index in [-0.39, 0.29) is 28.0 Å². The van der Waals surface area contributed by atoms with E-state index in [0.29, 0.717) is 48.3 Å². The van der Waals surface area contributed by atoms with Crippen LogP contribution in [0.25, 0.3) is 16.8 Å². The largest absolute Gasteiger partial charge is 0.325 e. The molecule has 0 saturated carbocycles. The van der Waals surface area contributed by atoms with Crippen LogP contribution in [0.2, 0.25) is 5.02 Å². The number of nitrogens with one attached hydrogen (secondary N) is 1. The van der Waals surface area contributed by atoms with Crippen LogP contribution >= 0.6 is 11.6 Å². The number of aliphatic imine (C=N–C) groups is 1. The summed E-state index contributed by atoms with van der Waals surface area (Å²) in [6.07, 6.45) is 7.27. The molecule has 37 heavy (non-hydrogen) atoms. The Balaban J connectivity index is 1.77. The Bertz CT molecular complexity index is 1390. The van der Waals surface area contributed by atoms with Crippen LogP contribution in [0.15, 0.2) is 59.7 Å². The van der Waals surface area contributed by atoms with E-state index in [1.54, 1.807) is 31.3 Å². The van der Waals surface area contributed by atoms with Crippen LogP contribution in [0, 0.1) is 17.5 Å². The van der Waals surface area contributed by atoms with Crippen molar-refractivity contribution in [1.82, 2.24) is 0 Å². The predicted molar refractivity (Wildman–Crippen MR) is 138 cm³/mol. The Kier molecular flexibility index (Phi) is 8.28. The summed E-state index contributed by atoms with van der Waals surface area (Å²) in [5.41, 5.74) is 2.13. The average molecular weight is 529 g/mol. The van der Waals surface area contributed by atoms with Crippen LogP contribution in [-0.2, 0) is 4.79 Å². The van der Waals surface area contributed by atoms with Crippen molar-refractivity contribution < 1.29 is 27.5 Å². The molecule has 4 rings (SSSR count). The number of allylic oxidation sites excluding steroid dienone is 1. The van der Waals surface area contributed by atoms with Crippen LogP contribution in [0.3, 0.4) is 0 Å².